The summed E-state index contributed by atoms with van der Waals surface area (Å²) in [7, 11) is 0. The van der Waals surface area contributed by atoms with E-state index in [-0.39, 0.29) is 29.2 Å². The van der Waals surface area contributed by atoms with Gasteiger partial charge in [-0.1, -0.05) is 34.6 Å². The van der Waals surface area contributed by atoms with Crippen molar-refractivity contribution in [3.63, 3.8) is 0 Å². The second kappa shape index (κ2) is 5.05. The van der Waals surface area contributed by atoms with E-state index in [2.05, 4.69) is 6.92 Å². The van der Waals surface area contributed by atoms with Gasteiger partial charge in [0.25, 0.3) is 0 Å². The number of carbonyl (C=O) groups is 2. The van der Waals surface area contributed by atoms with Gasteiger partial charge in [-0.2, -0.15) is 0 Å². The highest BCUT2D eigenvalue weighted by molar-refractivity contribution is 5.89. The maximum Gasteiger partial charge on any atom is 0.350 e. The van der Waals surface area contributed by atoms with Crippen LogP contribution in [-0.4, -0.2) is 24.1 Å². The number of cyclic esters (lactones) is 1. The molecular formula is C16H26O4. The summed E-state index contributed by atoms with van der Waals surface area (Å²) in [5.74, 6) is -0.229. The van der Waals surface area contributed by atoms with Crippen molar-refractivity contribution in [3.05, 3.63) is 0 Å². The lowest BCUT2D eigenvalue weighted by molar-refractivity contribution is -0.180. The minimum Gasteiger partial charge on any atom is -0.462 e. The molecule has 1 aliphatic heterocycles. The average Bonchev–Trinajstić information content (AvgIpc) is 2.84. The van der Waals surface area contributed by atoms with E-state index in [1.165, 1.54) is 0 Å². The van der Waals surface area contributed by atoms with Crippen molar-refractivity contribution in [3.8, 4) is 0 Å². The number of ether oxygens (including phenoxy) is 2. The Labute approximate surface area is 121 Å². The Morgan fingerprint density at radius 1 is 1.40 bits per heavy atom. The summed E-state index contributed by atoms with van der Waals surface area (Å²) in [5.41, 5.74) is -1.13. The van der Waals surface area contributed by atoms with E-state index in [1.54, 1.807) is 0 Å². The van der Waals surface area contributed by atoms with Crippen molar-refractivity contribution in [2.75, 3.05) is 6.61 Å². The first-order valence-corrected chi connectivity index (χ1v) is 7.59. The molecule has 1 saturated heterocycles. The van der Waals surface area contributed by atoms with Gasteiger partial charge in [-0.05, 0) is 30.6 Å². The average molecular weight is 282 g/mol. The zero-order chi connectivity index (χ0) is 15.1. The first-order chi connectivity index (χ1) is 9.19. The predicted molar refractivity (Wildman–Crippen MR) is 74.9 cm³/mol. The van der Waals surface area contributed by atoms with E-state index in [0.717, 1.165) is 12.8 Å². The van der Waals surface area contributed by atoms with Crippen LogP contribution < -0.4 is 0 Å². The maximum absolute atomic E-state index is 12.5. The molecule has 1 aliphatic carbocycles. The minimum absolute atomic E-state index is 0.0116. The highest BCUT2D eigenvalue weighted by atomic mass is 16.6. The summed E-state index contributed by atoms with van der Waals surface area (Å²) in [4.78, 5) is 24.6. The third-order valence-electron chi connectivity index (χ3n) is 4.49. The Kier molecular flexibility index (Phi) is 3.87. The zero-order valence-corrected chi connectivity index (χ0v) is 13.2. The van der Waals surface area contributed by atoms with E-state index in [1.807, 2.05) is 27.7 Å². The van der Waals surface area contributed by atoms with Gasteiger partial charge in [0.1, 0.15) is 0 Å². The van der Waals surface area contributed by atoms with Gasteiger partial charge in [0, 0.05) is 5.92 Å². The van der Waals surface area contributed by atoms with E-state index < -0.39 is 5.60 Å². The van der Waals surface area contributed by atoms with Crippen molar-refractivity contribution < 1.29 is 19.1 Å². The van der Waals surface area contributed by atoms with E-state index in [0.29, 0.717) is 18.9 Å². The highest BCUT2D eigenvalue weighted by Crippen LogP contribution is 2.51. The molecule has 2 fully saturated rings. The van der Waals surface area contributed by atoms with Crippen LogP contribution in [0.2, 0.25) is 0 Å². The molecule has 20 heavy (non-hydrogen) atoms. The van der Waals surface area contributed by atoms with Gasteiger partial charge in [0.05, 0.1) is 12.5 Å². The smallest absolute Gasteiger partial charge is 0.350 e. The molecule has 0 N–H and O–H groups in total. The predicted octanol–water partition coefficient (Wildman–Crippen LogP) is 2.94. The summed E-state index contributed by atoms with van der Waals surface area (Å²) < 4.78 is 11.0. The fraction of sp³-hybridized carbons (Fsp3) is 0.875. The number of esters is 2. The van der Waals surface area contributed by atoms with Crippen LogP contribution in [-0.2, 0) is 19.1 Å². The zero-order valence-electron chi connectivity index (χ0n) is 13.2. The Morgan fingerprint density at radius 3 is 2.60 bits per heavy atom. The van der Waals surface area contributed by atoms with Gasteiger partial charge in [-0.3, -0.25) is 4.79 Å². The molecule has 0 aromatic rings. The van der Waals surface area contributed by atoms with Gasteiger partial charge in [-0.25, -0.2) is 4.79 Å². The van der Waals surface area contributed by atoms with Crippen molar-refractivity contribution >= 4 is 11.9 Å². The van der Waals surface area contributed by atoms with Crippen LogP contribution >= 0.6 is 0 Å². The Balaban J connectivity index is 2.17. The fourth-order valence-electron chi connectivity index (χ4n) is 3.47. The van der Waals surface area contributed by atoms with Crippen LogP contribution in [0.25, 0.3) is 0 Å². The molecule has 0 spiro atoms. The summed E-state index contributed by atoms with van der Waals surface area (Å²) >= 11 is 0. The van der Waals surface area contributed by atoms with Crippen LogP contribution in [0.1, 0.15) is 53.9 Å². The van der Waals surface area contributed by atoms with Gasteiger partial charge >= 0.3 is 11.9 Å². The van der Waals surface area contributed by atoms with Gasteiger partial charge in [-0.15, -0.1) is 0 Å². The SMILES string of the molecule is CCC1(C(=O)OCC(C)(C)C)OC(=O)C2CC(C)CC21. The second-order valence-electron chi connectivity index (χ2n) is 7.59. The lowest BCUT2D eigenvalue weighted by atomic mass is 9.81. The van der Waals surface area contributed by atoms with Crippen LogP contribution in [0.4, 0.5) is 0 Å². The second-order valence-corrected chi connectivity index (χ2v) is 7.59. The molecule has 4 atom stereocenters. The van der Waals surface area contributed by atoms with Crippen LogP contribution in [0, 0.1) is 23.2 Å². The summed E-state index contributed by atoms with van der Waals surface area (Å²) in [6, 6.07) is 0. The molecule has 0 amide bonds. The van der Waals surface area contributed by atoms with Crippen molar-refractivity contribution in [2.45, 2.75) is 59.5 Å². The monoisotopic (exact) mass is 282 g/mol. The van der Waals surface area contributed by atoms with Crippen LogP contribution in [0.15, 0.2) is 0 Å². The third-order valence-corrected chi connectivity index (χ3v) is 4.49. The lowest BCUT2D eigenvalue weighted by Gasteiger charge is -2.31. The first kappa shape index (κ1) is 15.3. The minimum atomic E-state index is -1.04. The molecule has 4 heteroatoms. The molecule has 1 heterocycles. The largest absolute Gasteiger partial charge is 0.462 e. The maximum atomic E-state index is 12.5. The van der Waals surface area contributed by atoms with Crippen molar-refractivity contribution in [1.29, 1.82) is 0 Å². The number of carbonyl (C=O) groups excluding carboxylic acids is 2. The molecule has 0 aromatic carbocycles. The molecule has 0 radical (unpaired) electrons. The van der Waals surface area contributed by atoms with E-state index >= 15 is 0 Å². The normalized spacial score (nSPS) is 36.6. The quantitative estimate of drug-likeness (QED) is 0.747. The van der Waals surface area contributed by atoms with E-state index in [9.17, 15) is 9.59 Å². The molecule has 0 aromatic heterocycles. The fourth-order valence-corrected chi connectivity index (χ4v) is 3.47. The molecule has 114 valence electrons. The molecule has 1 saturated carbocycles. The van der Waals surface area contributed by atoms with Crippen LogP contribution in [0.5, 0.6) is 0 Å². The first-order valence-electron chi connectivity index (χ1n) is 7.59. The van der Waals surface area contributed by atoms with Gasteiger partial charge in [0.15, 0.2) is 0 Å². The molecule has 2 aliphatic rings. The summed E-state index contributed by atoms with van der Waals surface area (Å²) in [5, 5.41) is 0. The van der Waals surface area contributed by atoms with Crippen molar-refractivity contribution in [1.82, 2.24) is 0 Å². The van der Waals surface area contributed by atoms with Gasteiger partial charge < -0.3 is 9.47 Å². The number of rotatable bonds is 3. The molecule has 0 bridgehead atoms. The Hall–Kier alpha value is -1.06. The van der Waals surface area contributed by atoms with Crippen LogP contribution in [0.3, 0.4) is 0 Å². The highest BCUT2D eigenvalue weighted by Gasteiger charge is 2.62. The Bertz CT molecular complexity index is 409. The van der Waals surface area contributed by atoms with Gasteiger partial charge in [0.2, 0.25) is 5.60 Å². The molecule has 2 rings (SSSR count). The Morgan fingerprint density at radius 2 is 2.05 bits per heavy atom. The third kappa shape index (κ3) is 2.57. The lowest BCUT2D eigenvalue weighted by Crippen LogP contribution is -2.46. The molecule has 4 unspecified atom stereocenters. The number of hydrogen-bond donors (Lipinski definition) is 0. The topological polar surface area (TPSA) is 52.6 Å². The number of fused-ring (bicyclic) bond motifs is 1. The molecule has 4 nitrogen and oxygen atoms in total. The summed E-state index contributed by atoms with van der Waals surface area (Å²) in [6.45, 7) is 10.4. The van der Waals surface area contributed by atoms with Crippen molar-refractivity contribution in [2.24, 2.45) is 23.2 Å². The standard InChI is InChI=1S/C16H26O4/c1-6-16(14(18)19-9-15(3,4)5)12-8-10(2)7-11(12)13(17)20-16/h10-12H,6-9H2,1-5H3. The number of hydrogen-bond acceptors (Lipinski definition) is 4. The van der Waals surface area contributed by atoms with E-state index in [4.69, 9.17) is 9.47 Å². The summed E-state index contributed by atoms with van der Waals surface area (Å²) in [6.07, 6.45) is 2.20. The molecular weight excluding hydrogens is 256 g/mol.